The van der Waals surface area contributed by atoms with E-state index in [0.717, 1.165) is 18.0 Å². The first-order valence-corrected chi connectivity index (χ1v) is 14.4. The van der Waals surface area contributed by atoms with Crippen LogP contribution in [0.25, 0.3) is 16.8 Å². The number of anilines is 1. The van der Waals surface area contributed by atoms with Crippen LogP contribution in [0, 0.1) is 0 Å². The lowest BCUT2D eigenvalue weighted by atomic mass is 10.0. The number of esters is 1. The van der Waals surface area contributed by atoms with Gasteiger partial charge in [0.15, 0.2) is 15.5 Å². The van der Waals surface area contributed by atoms with E-state index in [1.807, 2.05) is 0 Å². The summed E-state index contributed by atoms with van der Waals surface area (Å²) in [6.07, 6.45) is -3.90. The van der Waals surface area contributed by atoms with Crippen LogP contribution < -0.4 is 9.64 Å². The van der Waals surface area contributed by atoms with E-state index < -0.39 is 33.6 Å². The summed E-state index contributed by atoms with van der Waals surface area (Å²) in [7, 11) is -1.04. The Kier molecular flexibility index (Phi) is 7.31. The van der Waals surface area contributed by atoms with Gasteiger partial charge in [0.05, 0.1) is 30.4 Å². The van der Waals surface area contributed by atoms with Crippen LogP contribution in [0.1, 0.15) is 32.1 Å². The van der Waals surface area contributed by atoms with Gasteiger partial charge in [-0.2, -0.15) is 18.3 Å². The number of rotatable bonds is 6. The highest BCUT2D eigenvalue weighted by molar-refractivity contribution is 7.90. The zero-order valence-corrected chi connectivity index (χ0v) is 23.4. The van der Waals surface area contributed by atoms with Crippen molar-refractivity contribution in [2.24, 2.45) is 0 Å². The number of sulfone groups is 1. The molecule has 0 atom stereocenters. The molecule has 0 N–H and O–H groups in total. The summed E-state index contributed by atoms with van der Waals surface area (Å²) in [5, 5.41) is 3.77. The Hall–Kier alpha value is -4.65. The number of halogens is 3. The maximum atomic E-state index is 14.1. The summed E-state index contributed by atoms with van der Waals surface area (Å²) >= 11 is 0. The minimum Gasteiger partial charge on any atom is -0.497 e. The van der Waals surface area contributed by atoms with Crippen LogP contribution in [-0.4, -0.2) is 57.1 Å². The second-order valence-corrected chi connectivity index (χ2v) is 11.5. The lowest BCUT2D eigenvalue weighted by Gasteiger charge is -2.28. The van der Waals surface area contributed by atoms with Gasteiger partial charge in [0.25, 0.3) is 5.91 Å². The molecule has 0 aliphatic carbocycles. The minimum atomic E-state index is -4.86. The van der Waals surface area contributed by atoms with Crippen LogP contribution in [-0.2, 0) is 27.2 Å². The number of hydrogen-bond donors (Lipinski definition) is 0. The van der Waals surface area contributed by atoms with Crippen LogP contribution in [0.4, 0.5) is 18.9 Å². The SMILES string of the molecule is COC(=O)c1cc(OC)ccc1-n1nc(C(F)(F)F)c2c1C(=O)N(c1ccc(-c3ccccc3S(C)(=O)=O)cc1)CC2. The zero-order chi connectivity index (χ0) is 30.4. The predicted molar refractivity (Wildman–Crippen MR) is 147 cm³/mol. The van der Waals surface area contributed by atoms with Gasteiger partial charge < -0.3 is 14.4 Å². The number of ether oxygens (including phenoxy) is 2. The Labute approximate surface area is 239 Å². The maximum absolute atomic E-state index is 14.1. The molecule has 0 spiro atoms. The molecule has 3 aromatic carbocycles. The number of carbonyl (C=O) groups excluding carboxylic acids is 2. The van der Waals surface area contributed by atoms with Gasteiger partial charge in [-0.15, -0.1) is 0 Å². The predicted octanol–water partition coefficient (Wildman–Crippen LogP) is 4.96. The molecule has 4 aromatic rings. The van der Waals surface area contributed by atoms with Crippen molar-refractivity contribution in [3.63, 3.8) is 0 Å². The number of fused-ring (bicyclic) bond motifs is 1. The van der Waals surface area contributed by atoms with Crippen LogP contribution in [0.3, 0.4) is 0 Å². The largest absolute Gasteiger partial charge is 0.497 e. The number of carbonyl (C=O) groups is 2. The van der Waals surface area contributed by atoms with Crippen LogP contribution in [0.5, 0.6) is 5.75 Å². The molecule has 13 heteroatoms. The molecule has 0 unspecified atom stereocenters. The molecule has 9 nitrogen and oxygen atoms in total. The number of amides is 1. The van der Waals surface area contributed by atoms with Gasteiger partial charge in [-0.3, -0.25) is 4.79 Å². The highest BCUT2D eigenvalue weighted by Crippen LogP contribution is 2.38. The fourth-order valence-corrected chi connectivity index (χ4v) is 5.87. The summed E-state index contributed by atoms with van der Waals surface area (Å²) in [6.45, 7) is -0.0631. The third-order valence-corrected chi connectivity index (χ3v) is 8.05. The molecule has 1 aromatic heterocycles. The topological polar surface area (TPSA) is 108 Å². The third-order valence-electron chi connectivity index (χ3n) is 6.90. The van der Waals surface area contributed by atoms with Crippen LogP contribution >= 0.6 is 0 Å². The van der Waals surface area contributed by atoms with E-state index in [1.54, 1.807) is 42.5 Å². The average Bonchev–Trinajstić information content (AvgIpc) is 3.37. The minimum absolute atomic E-state index is 0.0631. The van der Waals surface area contributed by atoms with Crippen molar-refractivity contribution >= 4 is 27.4 Å². The van der Waals surface area contributed by atoms with E-state index in [1.165, 1.54) is 36.3 Å². The van der Waals surface area contributed by atoms with Crippen molar-refractivity contribution in [1.29, 1.82) is 0 Å². The van der Waals surface area contributed by atoms with Gasteiger partial charge in [-0.1, -0.05) is 30.3 Å². The summed E-state index contributed by atoms with van der Waals surface area (Å²) in [5.41, 5.74) is -0.631. The standard InChI is InChI=1S/C29H24F3N3O6S/c1-40-19-12-13-23(22(16-19)28(37)41-2)35-25-21(26(33-35)29(30,31)32)14-15-34(27(25)36)18-10-8-17(9-11-18)20-6-4-5-7-24(20)42(3,38)39/h4-13,16H,14-15H2,1-3H3. The van der Waals surface area contributed by atoms with Gasteiger partial charge in [-0.05, 0) is 48.4 Å². The van der Waals surface area contributed by atoms with Crippen LogP contribution in [0.2, 0.25) is 0 Å². The molecule has 42 heavy (non-hydrogen) atoms. The molecule has 1 aliphatic rings. The second kappa shape index (κ2) is 10.6. The molecule has 0 fully saturated rings. The summed E-state index contributed by atoms with van der Waals surface area (Å²) in [5.74, 6) is -1.36. The average molecular weight is 600 g/mol. The summed E-state index contributed by atoms with van der Waals surface area (Å²) in [6, 6.07) is 17.0. The fraction of sp³-hybridized carbons (Fsp3) is 0.207. The number of hydrogen-bond acceptors (Lipinski definition) is 7. The highest BCUT2D eigenvalue weighted by atomic mass is 32.2. The van der Waals surface area contributed by atoms with Crippen molar-refractivity contribution in [2.45, 2.75) is 17.5 Å². The summed E-state index contributed by atoms with van der Waals surface area (Å²) < 4.78 is 77.5. The van der Waals surface area contributed by atoms with Gasteiger partial charge in [-0.25, -0.2) is 17.9 Å². The van der Waals surface area contributed by atoms with Gasteiger partial charge in [0.1, 0.15) is 11.4 Å². The highest BCUT2D eigenvalue weighted by Gasteiger charge is 2.43. The molecule has 2 heterocycles. The van der Waals surface area contributed by atoms with E-state index in [0.29, 0.717) is 16.8 Å². The number of aromatic nitrogens is 2. The Morgan fingerprint density at radius 3 is 2.31 bits per heavy atom. The normalized spacial score (nSPS) is 13.6. The van der Waals surface area contributed by atoms with Crippen molar-refractivity contribution in [2.75, 3.05) is 31.9 Å². The van der Waals surface area contributed by atoms with E-state index in [9.17, 15) is 31.2 Å². The molecular formula is C29H24F3N3O6S. The molecule has 5 rings (SSSR count). The van der Waals surface area contributed by atoms with E-state index in [4.69, 9.17) is 9.47 Å². The van der Waals surface area contributed by atoms with E-state index >= 15 is 0 Å². The third kappa shape index (κ3) is 5.11. The smallest absolute Gasteiger partial charge is 0.435 e. The summed E-state index contributed by atoms with van der Waals surface area (Å²) in [4.78, 5) is 27.9. The van der Waals surface area contributed by atoms with Crippen molar-refractivity contribution in [3.8, 4) is 22.6 Å². The Morgan fingerprint density at radius 2 is 1.69 bits per heavy atom. The van der Waals surface area contributed by atoms with Gasteiger partial charge in [0, 0.05) is 29.6 Å². The molecule has 1 amide bonds. The quantitative estimate of drug-likeness (QED) is 0.289. The maximum Gasteiger partial charge on any atom is 0.435 e. The van der Waals surface area contributed by atoms with E-state index in [-0.39, 0.29) is 46.1 Å². The first kappa shape index (κ1) is 28.9. The van der Waals surface area contributed by atoms with Crippen molar-refractivity contribution < 1.29 is 40.7 Å². The lowest BCUT2D eigenvalue weighted by Crippen LogP contribution is -2.39. The van der Waals surface area contributed by atoms with Crippen molar-refractivity contribution in [3.05, 3.63) is 89.2 Å². The van der Waals surface area contributed by atoms with Crippen LogP contribution in [0.15, 0.2) is 71.6 Å². The number of methoxy groups -OCH3 is 2. The first-order valence-electron chi connectivity index (χ1n) is 12.5. The van der Waals surface area contributed by atoms with Gasteiger partial charge >= 0.3 is 12.1 Å². The number of benzene rings is 3. The van der Waals surface area contributed by atoms with Gasteiger partial charge in [0.2, 0.25) is 0 Å². The Morgan fingerprint density at radius 1 is 1.00 bits per heavy atom. The zero-order valence-electron chi connectivity index (χ0n) is 22.6. The number of alkyl halides is 3. The number of nitrogens with zero attached hydrogens (tertiary/aromatic N) is 3. The molecule has 0 saturated heterocycles. The molecule has 0 saturated carbocycles. The Balaban J connectivity index is 1.60. The molecular weight excluding hydrogens is 575 g/mol. The molecule has 0 radical (unpaired) electrons. The van der Waals surface area contributed by atoms with E-state index in [2.05, 4.69) is 5.10 Å². The second-order valence-electron chi connectivity index (χ2n) is 9.48. The molecule has 1 aliphatic heterocycles. The lowest BCUT2D eigenvalue weighted by molar-refractivity contribution is -0.141. The van der Waals surface area contributed by atoms with Crippen molar-refractivity contribution in [1.82, 2.24) is 9.78 Å². The fourth-order valence-electron chi connectivity index (χ4n) is 4.96. The molecule has 0 bridgehead atoms. The monoisotopic (exact) mass is 599 g/mol. The molecule has 218 valence electrons. The first-order chi connectivity index (χ1) is 19.8. The Bertz CT molecular complexity index is 1820.